The Kier molecular flexibility index (Phi) is 25.0. The first kappa shape index (κ1) is 43.9. The van der Waals surface area contributed by atoms with Gasteiger partial charge in [-0.2, -0.15) is 26.0 Å². The molecule has 0 aliphatic carbocycles. The molecule has 2 radical (unpaired) electrons. The third-order valence-corrected chi connectivity index (χ3v) is 6.61. The summed E-state index contributed by atoms with van der Waals surface area (Å²) in [4.78, 5) is 0. The van der Waals surface area contributed by atoms with Gasteiger partial charge in [0.2, 0.25) is 0 Å². The molecular weight excluding hydrogens is 671 g/mol. The fraction of sp³-hybridized carbons (Fsp3) is 0.200. The van der Waals surface area contributed by atoms with Gasteiger partial charge in [0.15, 0.2) is 0 Å². The molecule has 0 aliphatic heterocycles. The monoisotopic (exact) mass is 714 g/mol. The number of aryl methyl sites for hydroxylation is 2. The van der Waals surface area contributed by atoms with Crippen LogP contribution in [0.15, 0.2) is 121 Å². The van der Waals surface area contributed by atoms with Crippen LogP contribution in [-0.4, -0.2) is 9.52 Å². The van der Waals surface area contributed by atoms with Crippen molar-refractivity contribution in [1.29, 1.82) is 0 Å². The largest absolute Gasteiger partial charge is 2.00 e. The quantitative estimate of drug-likeness (QED) is 0.154. The molecule has 0 saturated carbocycles. The van der Waals surface area contributed by atoms with Gasteiger partial charge in [-0.3, -0.25) is 0 Å². The Morgan fingerprint density at radius 2 is 0.841 bits per heavy atom. The van der Waals surface area contributed by atoms with Crippen molar-refractivity contribution in [3.05, 3.63) is 146 Å². The number of rotatable bonds is 4. The molecule has 0 bridgehead atoms. The standard InChI is InChI=1S/2C17H15.C2H6Si.2C2H5.2ClH.Zr/c2*1-2-13-11-15-9-6-10-16(17(15)12-13)14-7-4-3-5-8-14;1-3-2;2*1-2;;;/h2*3-12H,2H2,1H3;1-2H3;2*1H2,2H3;2*1H;/q2*-1;;2*-1;;;+2/p-2. The minimum absolute atomic E-state index is 0. The van der Waals surface area contributed by atoms with E-state index in [-0.39, 0.29) is 51.0 Å². The van der Waals surface area contributed by atoms with Crippen LogP contribution in [0, 0.1) is 13.8 Å². The number of hydrogen-bond acceptors (Lipinski definition) is 0. The van der Waals surface area contributed by atoms with Crippen molar-refractivity contribution in [2.45, 2.75) is 53.6 Å². The van der Waals surface area contributed by atoms with E-state index in [1.165, 1.54) is 54.9 Å². The van der Waals surface area contributed by atoms with E-state index in [0.717, 1.165) is 22.4 Å². The average Bonchev–Trinajstić information content (AvgIpc) is 3.68. The van der Waals surface area contributed by atoms with E-state index in [1.807, 2.05) is 0 Å². The third-order valence-electron chi connectivity index (χ3n) is 6.61. The maximum Gasteiger partial charge on any atom is 2.00 e. The van der Waals surface area contributed by atoms with Crippen molar-refractivity contribution in [3.8, 4) is 22.3 Å². The molecular formula is C40H46Cl2SiZr-4. The zero-order chi connectivity index (χ0) is 30.0. The fourth-order valence-electron chi connectivity index (χ4n) is 4.74. The summed E-state index contributed by atoms with van der Waals surface area (Å²) < 4.78 is 0. The SMILES string of the molecule is CCc1cc2c(-c3ccccc3)cccc2[cH-]1.CCc1cc2c(-c3ccccc3)cccc2[cH-]1.C[Si]C.[CH2-]C.[CH2-]C.[Cl-].[Cl-].[Zr+2]. The molecule has 0 heterocycles. The maximum absolute atomic E-state index is 3.25. The second-order valence-electron chi connectivity index (χ2n) is 9.28. The van der Waals surface area contributed by atoms with E-state index >= 15 is 0 Å². The first-order valence-electron chi connectivity index (χ1n) is 14.7. The van der Waals surface area contributed by atoms with Crippen molar-refractivity contribution in [1.82, 2.24) is 0 Å². The third kappa shape index (κ3) is 12.3. The van der Waals surface area contributed by atoms with Crippen molar-refractivity contribution < 1.29 is 51.0 Å². The van der Waals surface area contributed by atoms with E-state index in [2.05, 4.69) is 162 Å². The first-order valence-corrected chi connectivity index (χ1v) is 16.7. The molecule has 0 N–H and O–H groups in total. The van der Waals surface area contributed by atoms with E-state index in [4.69, 9.17) is 0 Å². The van der Waals surface area contributed by atoms with Crippen LogP contribution in [0.3, 0.4) is 0 Å². The van der Waals surface area contributed by atoms with Crippen molar-refractivity contribution in [2.24, 2.45) is 0 Å². The second-order valence-corrected chi connectivity index (χ2v) is 10.3. The van der Waals surface area contributed by atoms with Gasteiger partial charge in [-0.1, -0.05) is 111 Å². The van der Waals surface area contributed by atoms with E-state index in [0.29, 0.717) is 0 Å². The molecule has 0 aliphatic rings. The molecule has 6 aromatic carbocycles. The minimum Gasteiger partial charge on any atom is -1.00 e. The minimum atomic E-state index is 0. The molecule has 6 rings (SSSR count). The molecule has 0 spiro atoms. The summed E-state index contributed by atoms with van der Waals surface area (Å²) >= 11 is 0. The molecule has 0 aromatic heterocycles. The average molecular weight is 717 g/mol. The normalized spacial score (nSPS) is 9.09. The molecule has 6 aromatic rings. The predicted molar refractivity (Wildman–Crippen MR) is 188 cm³/mol. The van der Waals surface area contributed by atoms with Crippen LogP contribution in [0.25, 0.3) is 43.8 Å². The van der Waals surface area contributed by atoms with Gasteiger partial charge in [-0.25, -0.2) is 0 Å². The molecule has 0 unspecified atom stereocenters. The summed E-state index contributed by atoms with van der Waals surface area (Å²) in [6.07, 6.45) is 2.20. The molecule has 4 heteroatoms. The fourth-order valence-corrected chi connectivity index (χ4v) is 4.74. The Hall–Kier alpha value is -2.22. The number of fused-ring (bicyclic) bond motifs is 2. The Balaban J connectivity index is 0. The van der Waals surface area contributed by atoms with Crippen LogP contribution < -0.4 is 24.8 Å². The van der Waals surface area contributed by atoms with Crippen LogP contribution in [0.5, 0.6) is 0 Å². The van der Waals surface area contributed by atoms with Gasteiger partial charge in [-0.15, -0.1) is 69.1 Å². The van der Waals surface area contributed by atoms with E-state index < -0.39 is 0 Å². The molecule has 0 fully saturated rings. The molecule has 0 saturated heterocycles. The Morgan fingerprint density at radius 3 is 1.14 bits per heavy atom. The summed E-state index contributed by atoms with van der Waals surface area (Å²) in [7, 11) is 1.08. The Labute approximate surface area is 302 Å². The Morgan fingerprint density at radius 1 is 0.523 bits per heavy atom. The zero-order valence-electron chi connectivity index (χ0n) is 27.1. The summed E-state index contributed by atoms with van der Waals surface area (Å²) in [5.74, 6) is 0. The first-order chi connectivity index (χ1) is 20.2. The van der Waals surface area contributed by atoms with Crippen LogP contribution >= 0.6 is 0 Å². The van der Waals surface area contributed by atoms with Gasteiger partial charge in [0.25, 0.3) is 0 Å². The molecule has 0 amide bonds. The van der Waals surface area contributed by atoms with E-state index in [9.17, 15) is 0 Å². The summed E-state index contributed by atoms with van der Waals surface area (Å²) in [5, 5.41) is 5.44. The van der Waals surface area contributed by atoms with Crippen molar-refractivity contribution in [3.63, 3.8) is 0 Å². The topological polar surface area (TPSA) is 0 Å². The smallest absolute Gasteiger partial charge is 1.00 e. The number of hydrogen-bond donors (Lipinski definition) is 0. The number of benzene rings is 4. The molecule has 0 atom stereocenters. The van der Waals surface area contributed by atoms with E-state index in [1.54, 1.807) is 13.8 Å². The van der Waals surface area contributed by atoms with Crippen LogP contribution in [0.1, 0.15) is 38.8 Å². The maximum atomic E-state index is 3.25. The summed E-state index contributed by atoms with van der Waals surface area (Å²) in [6.45, 7) is 18.7. The van der Waals surface area contributed by atoms with Gasteiger partial charge in [-0.05, 0) is 24.0 Å². The van der Waals surface area contributed by atoms with Crippen LogP contribution in [0.4, 0.5) is 0 Å². The summed E-state index contributed by atoms with van der Waals surface area (Å²) in [6, 6.07) is 43.5. The molecule has 44 heavy (non-hydrogen) atoms. The summed E-state index contributed by atoms with van der Waals surface area (Å²) in [5.41, 5.74) is 8.11. The Bertz CT molecular complexity index is 1420. The van der Waals surface area contributed by atoms with Gasteiger partial charge in [0, 0.05) is 9.52 Å². The number of halogens is 2. The van der Waals surface area contributed by atoms with Crippen LogP contribution in [0.2, 0.25) is 13.1 Å². The van der Waals surface area contributed by atoms with Gasteiger partial charge in [0.05, 0.1) is 0 Å². The predicted octanol–water partition coefficient (Wildman–Crippen LogP) is 6.05. The zero-order valence-corrected chi connectivity index (χ0v) is 32.1. The second kappa shape index (κ2) is 25.0. The van der Waals surface area contributed by atoms with Crippen molar-refractivity contribution in [2.75, 3.05) is 0 Å². The van der Waals surface area contributed by atoms with Gasteiger partial charge < -0.3 is 38.7 Å². The van der Waals surface area contributed by atoms with Crippen molar-refractivity contribution >= 4 is 31.1 Å². The molecule has 232 valence electrons. The van der Waals surface area contributed by atoms with Crippen LogP contribution in [-0.2, 0) is 39.0 Å². The van der Waals surface area contributed by atoms with Gasteiger partial charge in [0.1, 0.15) is 0 Å². The molecule has 0 nitrogen and oxygen atoms in total. The van der Waals surface area contributed by atoms with Gasteiger partial charge >= 0.3 is 26.2 Å².